The number of nitrogens with zero attached hydrogens (tertiary/aromatic N) is 1. The second kappa shape index (κ2) is 9.43. The van der Waals surface area contributed by atoms with Gasteiger partial charge in [-0.2, -0.15) is 0 Å². The molecule has 8 nitrogen and oxygen atoms in total. The Labute approximate surface area is 165 Å². The Morgan fingerprint density at radius 1 is 1.25 bits per heavy atom. The lowest BCUT2D eigenvalue weighted by Crippen LogP contribution is -2.50. The Kier molecular flexibility index (Phi) is 7.25. The summed E-state index contributed by atoms with van der Waals surface area (Å²) in [4.78, 5) is 39.0. The molecule has 0 aromatic heterocycles. The number of benzene rings is 1. The van der Waals surface area contributed by atoms with Crippen LogP contribution in [0.1, 0.15) is 40.0 Å². The average molecular weight is 392 g/mol. The lowest BCUT2D eigenvalue weighted by molar-refractivity contribution is -0.144. The van der Waals surface area contributed by atoms with Gasteiger partial charge in [0.2, 0.25) is 5.91 Å². The molecular formula is C20H28N2O6. The normalized spacial score (nSPS) is 18.1. The van der Waals surface area contributed by atoms with Crippen molar-refractivity contribution in [2.45, 2.75) is 51.7 Å². The third-order valence-corrected chi connectivity index (χ3v) is 4.09. The van der Waals surface area contributed by atoms with E-state index in [1.165, 1.54) is 12.0 Å². The van der Waals surface area contributed by atoms with Crippen LogP contribution in [0.3, 0.4) is 0 Å². The number of methoxy groups -OCH3 is 1. The molecule has 1 aliphatic rings. The maximum Gasteiger partial charge on any atom is 0.410 e. The van der Waals surface area contributed by atoms with E-state index in [4.69, 9.17) is 14.2 Å². The molecule has 1 aromatic rings. The van der Waals surface area contributed by atoms with Crippen LogP contribution in [0.5, 0.6) is 5.75 Å². The molecular weight excluding hydrogens is 364 g/mol. The molecule has 0 radical (unpaired) electrons. The number of amides is 2. The molecule has 0 bridgehead atoms. The van der Waals surface area contributed by atoms with Gasteiger partial charge in [-0.05, 0) is 45.7 Å². The van der Waals surface area contributed by atoms with Gasteiger partial charge >= 0.3 is 12.1 Å². The van der Waals surface area contributed by atoms with Crippen LogP contribution in [-0.2, 0) is 19.1 Å². The van der Waals surface area contributed by atoms with Crippen LogP contribution in [0.15, 0.2) is 24.3 Å². The molecule has 0 spiro atoms. The maximum absolute atomic E-state index is 13.0. The fraction of sp³-hybridized carbons (Fsp3) is 0.550. The van der Waals surface area contributed by atoms with Crippen molar-refractivity contribution in [3.63, 3.8) is 0 Å². The SMILES string of the molecule is COC(=O)C[C@H]1C(=O)Nc2ccccc2OCCCCN1C(=O)OC(C)(C)C. The zero-order chi connectivity index (χ0) is 20.7. The first-order chi connectivity index (χ1) is 13.2. The van der Waals surface area contributed by atoms with Crippen LogP contribution in [0.25, 0.3) is 0 Å². The number of carbonyl (C=O) groups is 3. The van der Waals surface area contributed by atoms with Gasteiger partial charge in [-0.3, -0.25) is 14.5 Å². The molecule has 0 saturated heterocycles. The van der Waals surface area contributed by atoms with Gasteiger partial charge in [0.05, 0.1) is 25.8 Å². The van der Waals surface area contributed by atoms with E-state index in [1.54, 1.807) is 39.0 Å². The van der Waals surface area contributed by atoms with Crippen LogP contribution < -0.4 is 10.1 Å². The monoisotopic (exact) mass is 392 g/mol. The molecule has 28 heavy (non-hydrogen) atoms. The highest BCUT2D eigenvalue weighted by Gasteiger charge is 2.35. The van der Waals surface area contributed by atoms with Gasteiger partial charge in [0.1, 0.15) is 17.4 Å². The molecule has 8 heteroatoms. The molecule has 0 aliphatic carbocycles. The zero-order valence-electron chi connectivity index (χ0n) is 16.8. The van der Waals surface area contributed by atoms with Gasteiger partial charge in [0, 0.05) is 6.54 Å². The van der Waals surface area contributed by atoms with E-state index in [1.807, 2.05) is 6.07 Å². The summed E-state index contributed by atoms with van der Waals surface area (Å²) in [7, 11) is 1.24. The van der Waals surface area contributed by atoms with E-state index in [0.717, 1.165) is 0 Å². The lowest BCUT2D eigenvalue weighted by Gasteiger charge is -2.32. The van der Waals surface area contributed by atoms with Gasteiger partial charge in [-0.15, -0.1) is 0 Å². The van der Waals surface area contributed by atoms with Gasteiger partial charge in [-0.25, -0.2) is 4.79 Å². The largest absolute Gasteiger partial charge is 0.491 e. The number of ether oxygens (including phenoxy) is 3. The molecule has 154 valence electrons. The fourth-order valence-corrected chi connectivity index (χ4v) is 2.76. The highest BCUT2D eigenvalue weighted by atomic mass is 16.6. The second-order valence-electron chi connectivity index (χ2n) is 7.51. The topological polar surface area (TPSA) is 94.2 Å². The number of fused-ring (bicyclic) bond motifs is 1. The Balaban J connectivity index is 2.36. The summed E-state index contributed by atoms with van der Waals surface area (Å²) in [5.41, 5.74) is -0.251. The van der Waals surface area contributed by atoms with E-state index < -0.39 is 29.6 Å². The summed E-state index contributed by atoms with van der Waals surface area (Å²) in [6.07, 6.45) is 0.342. The van der Waals surface area contributed by atoms with E-state index >= 15 is 0 Å². The Morgan fingerprint density at radius 3 is 2.64 bits per heavy atom. The van der Waals surface area contributed by atoms with Crippen molar-refractivity contribution in [2.24, 2.45) is 0 Å². The summed E-state index contributed by atoms with van der Waals surface area (Å²) in [6, 6.07) is 5.98. The molecule has 1 atom stereocenters. The first kappa shape index (κ1) is 21.5. The number of hydrogen-bond acceptors (Lipinski definition) is 6. The molecule has 2 rings (SSSR count). The highest BCUT2D eigenvalue weighted by molar-refractivity contribution is 5.99. The molecule has 0 unspecified atom stereocenters. The minimum Gasteiger partial charge on any atom is -0.491 e. The van der Waals surface area contributed by atoms with Crippen LogP contribution in [0, 0.1) is 0 Å². The summed E-state index contributed by atoms with van der Waals surface area (Å²) < 4.78 is 15.9. The quantitative estimate of drug-likeness (QED) is 0.778. The summed E-state index contributed by atoms with van der Waals surface area (Å²) >= 11 is 0. The molecule has 1 heterocycles. The molecule has 1 aromatic carbocycles. The molecule has 2 amide bonds. The van der Waals surface area contributed by atoms with Gasteiger partial charge in [-0.1, -0.05) is 12.1 Å². The molecule has 1 N–H and O–H groups in total. The number of para-hydroxylation sites is 2. The highest BCUT2D eigenvalue weighted by Crippen LogP contribution is 2.26. The molecule has 0 saturated carbocycles. The third kappa shape index (κ3) is 6.14. The number of esters is 1. The van der Waals surface area contributed by atoms with Crippen molar-refractivity contribution in [1.82, 2.24) is 4.90 Å². The molecule has 0 fully saturated rings. The minimum absolute atomic E-state index is 0.254. The van der Waals surface area contributed by atoms with E-state index in [2.05, 4.69) is 5.32 Å². The van der Waals surface area contributed by atoms with Crippen molar-refractivity contribution < 1.29 is 28.6 Å². The van der Waals surface area contributed by atoms with Crippen LogP contribution in [0.4, 0.5) is 10.5 Å². The van der Waals surface area contributed by atoms with Crippen molar-refractivity contribution >= 4 is 23.7 Å². The summed E-state index contributed by atoms with van der Waals surface area (Å²) in [5, 5.41) is 2.76. The van der Waals surface area contributed by atoms with Crippen molar-refractivity contribution in [1.29, 1.82) is 0 Å². The predicted molar refractivity (Wildman–Crippen MR) is 103 cm³/mol. The van der Waals surface area contributed by atoms with Crippen LogP contribution in [-0.4, -0.2) is 54.8 Å². The standard InChI is InChI=1S/C20H28N2O6/c1-20(2,3)28-19(25)22-11-7-8-12-27-16-10-6-5-9-14(16)21-18(24)15(22)13-17(23)26-4/h5-6,9-10,15H,7-8,11-13H2,1-4H3,(H,21,24)/t15-/m0/s1. The van der Waals surface area contributed by atoms with Crippen LogP contribution >= 0.6 is 0 Å². The van der Waals surface area contributed by atoms with Gasteiger partial charge in [0.15, 0.2) is 0 Å². The minimum atomic E-state index is -1.06. The van der Waals surface area contributed by atoms with E-state index in [-0.39, 0.29) is 13.0 Å². The lowest BCUT2D eigenvalue weighted by atomic mass is 10.1. The van der Waals surface area contributed by atoms with Gasteiger partial charge in [0.25, 0.3) is 0 Å². The fourth-order valence-electron chi connectivity index (χ4n) is 2.76. The number of anilines is 1. The average Bonchev–Trinajstić information content (AvgIpc) is 2.64. The van der Waals surface area contributed by atoms with Crippen molar-refractivity contribution in [2.75, 3.05) is 25.6 Å². The molecule has 1 aliphatic heterocycles. The maximum atomic E-state index is 13.0. The van der Waals surface area contributed by atoms with E-state index in [9.17, 15) is 14.4 Å². The first-order valence-electron chi connectivity index (χ1n) is 9.30. The third-order valence-electron chi connectivity index (χ3n) is 4.09. The number of rotatable bonds is 2. The van der Waals surface area contributed by atoms with E-state index in [0.29, 0.717) is 30.9 Å². The predicted octanol–water partition coefficient (Wildman–Crippen LogP) is 2.97. The summed E-state index contributed by atoms with van der Waals surface area (Å²) in [5.74, 6) is -0.555. The Bertz CT molecular complexity index is 713. The number of carbonyl (C=O) groups excluding carboxylic acids is 3. The zero-order valence-corrected chi connectivity index (χ0v) is 16.8. The van der Waals surface area contributed by atoms with Crippen molar-refractivity contribution in [3.8, 4) is 5.75 Å². The Hall–Kier alpha value is -2.77. The smallest absolute Gasteiger partial charge is 0.410 e. The number of hydrogen-bond donors (Lipinski definition) is 1. The second-order valence-corrected chi connectivity index (χ2v) is 7.51. The number of nitrogens with one attached hydrogen (secondary N) is 1. The van der Waals surface area contributed by atoms with Gasteiger partial charge < -0.3 is 19.5 Å². The Morgan fingerprint density at radius 2 is 1.96 bits per heavy atom. The van der Waals surface area contributed by atoms with Crippen LogP contribution in [0.2, 0.25) is 0 Å². The van der Waals surface area contributed by atoms with Crippen molar-refractivity contribution in [3.05, 3.63) is 24.3 Å². The first-order valence-corrected chi connectivity index (χ1v) is 9.30. The summed E-state index contributed by atoms with van der Waals surface area (Å²) in [6.45, 7) is 5.94.